The van der Waals surface area contributed by atoms with Crippen molar-refractivity contribution in [2.75, 3.05) is 27.9 Å². The first-order chi connectivity index (χ1) is 18.1. The minimum atomic E-state index is -0.317. The van der Waals surface area contributed by atoms with E-state index in [1.54, 1.807) is 45.2 Å². The largest absolute Gasteiger partial charge is 0.497 e. The van der Waals surface area contributed by atoms with Crippen LogP contribution in [0.3, 0.4) is 0 Å². The van der Waals surface area contributed by atoms with Crippen molar-refractivity contribution in [3.8, 4) is 11.5 Å². The van der Waals surface area contributed by atoms with Crippen molar-refractivity contribution < 1.29 is 33.6 Å². The van der Waals surface area contributed by atoms with Crippen LogP contribution >= 0.6 is 11.8 Å². The summed E-state index contributed by atoms with van der Waals surface area (Å²) < 4.78 is 27.1. The summed E-state index contributed by atoms with van der Waals surface area (Å²) in [5.74, 6) is 1.33. The molecule has 3 aromatic carbocycles. The van der Waals surface area contributed by atoms with Crippen molar-refractivity contribution in [3.63, 3.8) is 0 Å². The number of thioether (sulfide) groups is 1. The SMILES string of the molecule is COc1ccc(CO)cc1.COc1ccc(COCC2CC(OC(=O)c3ccccc3)C(OC)S2)cc1. The lowest BCUT2D eigenvalue weighted by Crippen LogP contribution is -2.26. The predicted molar refractivity (Wildman–Crippen MR) is 144 cm³/mol. The number of hydrogen-bond donors (Lipinski definition) is 1. The van der Waals surface area contributed by atoms with Gasteiger partial charge in [-0.3, -0.25) is 0 Å². The number of carbonyl (C=O) groups excluding carboxylic acids is 1. The minimum Gasteiger partial charge on any atom is -0.497 e. The lowest BCUT2D eigenvalue weighted by molar-refractivity contribution is -0.00367. The van der Waals surface area contributed by atoms with Crippen LogP contribution in [0.15, 0.2) is 78.9 Å². The highest BCUT2D eigenvalue weighted by Crippen LogP contribution is 2.37. The van der Waals surface area contributed by atoms with Gasteiger partial charge in [0.25, 0.3) is 0 Å². The molecule has 198 valence electrons. The molecule has 1 N–H and O–H groups in total. The second kappa shape index (κ2) is 15.3. The highest BCUT2D eigenvalue weighted by Gasteiger charge is 2.38. The Morgan fingerprint density at radius 3 is 2.00 bits per heavy atom. The number of hydrogen-bond acceptors (Lipinski definition) is 8. The standard InChI is InChI=1S/C21H24O5S.C8H10O2/c1-23-17-10-8-15(9-11-17)13-25-14-18-12-19(21(24-2)27-18)26-20(22)16-6-4-3-5-7-16;1-10-8-4-2-7(6-9)3-5-8/h3-11,18-19,21H,12-14H2,1-2H3;2-5,9H,6H2,1H3. The maximum Gasteiger partial charge on any atom is 0.338 e. The number of ether oxygens (including phenoxy) is 5. The van der Waals surface area contributed by atoms with Crippen LogP contribution in [-0.4, -0.2) is 55.8 Å². The molecule has 8 heteroatoms. The molecule has 3 atom stereocenters. The predicted octanol–water partition coefficient (Wildman–Crippen LogP) is 5.10. The molecule has 0 spiro atoms. The Kier molecular flexibility index (Phi) is 11.8. The third-order valence-electron chi connectivity index (χ3n) is 5.70. The van der Waals surface area contributed by atoms with Crippen LogP contribution in [0.2, 0.25) is 0 Å². The van der Waals surface area contributed by atoms with Gasteiger partial charge in [-0.15, -0.1) is 11.8 Å². The summed E-state index contributed by atoms with van der Waals surface area (Å²) in [6, 6.07) is 24.2. The fourth-order valence-electron chi connectivity index (χ4n) is 3.66. The zero-order valence-electron chi connectivity index (χ0n) is 21.4. The molecule has 1 aliphatic rings. The first-order valence-electron chi connectivity index (χ1n) is 11.9. The fourth-order valence-corrected chi connectivity index (χ4v) is 4.97. The maximum absolute atomic E-state index is 12.3. The highest BCUT2D eigenvalue weighted by molar-refractivity contribution is 8.00. The van der Waals surface area contributed by atoms with Crippen molar-refractivity contribution in [2.24, 2.45) is 0 Å². The summed E-state index contributed by atoms with van der Waals surface area (Å²) in [5.41, 5.74) is 2.37. The Hall–Kier alpha value is -3.04. The molecule has 7 nitrogen and oxygen atoms in total. The van der Waals surface area contributed by atoms with Gasteiger partial charge >= 0.3 is 5.97 Å². The third kappa shape index (κ3) is 9.09. The molecule has 1 fully saturated rings. The summed E-state index contributed by atoms with van der Waals surface area (Å²) in [5, 5.41) is 8.88. The zero-order valence-corrected chi connectivity index (χ0v) is 22.2. The minimum absolute atomic E-state index is 0.0873. The van der Waals surface area contributed by atoms with Gasteiger partial charge in [0.2, 0.25) is 0 Å². The second-order valence-electron chi connectivity index (χ2n) is 8.28. The molecule has 4 rings (SSSR count). The smallest absolute Gasteiger partial charge is 0.338 e. The van der Waals surface area contributed by atoms with Crippen LogP contribution in [0.4, 0.5) is 0 Å². The monoisotopic (exact) mass is 526 g/mol. The zero-order chi connectivity index (χ0) is 26.5. The van der Waals surface area contributed by atoms with Crippen LogP contribution in [0.5, 0.6) is 11.5 Å². The quantitative estimate of drug-likeness (QED) is 0.365. The van der Waals surface area contributed by atoms with Crippen LogP contribution < -0.4 is 9.47 Å². The first-order valence-corrected chi connectivity index (χ1v) is 12.9. The van der Waals surface area contributed by atoms with E-state index in [1.165, 1.54) is 0 Å². The van der Waals surface area contributed by atoms with Gasteiger partial charge < -0.3 is 28.8 Å². The summed E-state index contributed by atoms with van der Waals surface area (Å²) in [4.78, 5) is 12.3. The summed E-state index contributed by atoms with van der Waals surface area (Å²) in [6.07, 6.45) is 0.437. The molecule has 0 aliphatic carbocycles. The number of carbonyl (C=O) groups is 1. The maximum atomic E-state index is 12.3. The van der Waals surface area contributed by atoms with E-state index in [0.29, 0.717) is 25.2 Å². The molecule has 0 radical (unpaired) electrons. The van der Waals surface area contributed by atoms with Crippen molar-refractivity contribution in [1.29, 1.82) is 0 Å². The molecule has 3 aromatic rings. The van der Waals surface area contributed by atoms with E-state index in [4.69, 9.17) is 28.8 Å². The average Bonchev–Trinajstić information content (AvgIpc) is 3.35. The first kappa shape index (κ1) is 28.5. The van der Waals surface area contributed by atoms with E-state index < -0.39 is 0 Å². The Labute approximate surface area is 222 Å². The summed E-state index contributed by atoms with van der Waals surface area (Å²) in [6.45, 7) is 1.20. The van der Waals surface area contributed by atoms with Crippen LogP contribution in [0.25, 0.3) is 0 Å². The molecule has 0 bridgehead atoms. The number of methoxy groups -OCH3 is 3. The van der Waals surface area contributed by atoms with Gasteiger partial charge in [0.15, 0.2) is 0 Å². The van der Waals surface area contributed by atoms with Crippen molar-refractivity contribution in [1.82, 2.24) is 0 Å². The second-order valence-corrected chi connectivity index (χ2v) is 9.68. The Morgan fingerprint density at radius 1 is 0.865 bits per heavy atom. The summed E-state index contributed by atoms with van der Waals surface area (Å²) >= 11 is 1.65. The molecule has 1 saturated heterocycles. The van der Waals surface area contributed by atoms with Crippen molar-refractivity contribution in [2.45, 2.75) is 36.4 Å². The van der Waals surface area contributed by atoms with Gasteiger partial charge in [-0.25, -0.2) is 4.79 Å². The topological polar surface area (TPSA) is 83.5 Å². The van der Waals surface area contributed by atoms with Crippen LogP contribution in [-0.2, 0) is 27.4 Å². The lowest BCUT2D eigenvalue weighted by atomic mass is 10.2. The summed E-state index contributed by atoms with van der Waals surface area (Å²) in [7, 11) is 4.91. The van der Waals surface area contributed by atoms with Gasteiger partial charge in [-0.2, -0.15) is 0 Å². The van der Waals surface area contributed by atoms with E-state index in [2.05, 4.69) is 0 Å². The van der Waals surface area contributed by atoms with E-state index >= 15 is 0 Å². The average molecular weight is 527 g/mol. The highest BCUT2D eigenvalue weighted by atomic mass is 32.2. The van der Waals surface area contributed by atoms with E-state index in [0.717, 1.165) is 22.6 Å². The fraction of sp³-hybridized carbons (Fsp3) is 0.345. The number of benzene rings is 3. The van der Waals surface area contributed by atoms with Gasteiger partial charge in [0, 0.05) is 18.8 Å². The molecule has 1 heterocycles. The number of rotatable bonds is 10. The lowest BCUT2D eigenvalue weighted by Gasteiger charge is -2.17. The Balaban J connectivity index is 0.000000319. The molecule has 1 aliphatic heterocycles. The molecule has 37 heavy (non-hydrogen) atoms. The van der Waals surface area contributed by atoms with Gasteiger partial charge in [-0.05, 0) is 47.5 Å². The van der Waals surface area contributed by atoms with Gasteiger partial charge in [0.05, 0.1) is 39.6 Å². The van der Waals surface area contributed by atoms with E-state index in [-0.39, 0.29) is 29.4 Å². The normalized spacial score (nSPS) is 18.4. The number of aliphatic hydroxyl groups is 1. The van der Waals surface area contributed by atoms with Crippen LogP contribution in [0, 0.1) is 0 Å². The molecular formula is C29H34O7S. The van der Waals surface area contributed by atoms with E-state index in [1.807, 2.05) is 66.7 Å². The molecule has 0 aromatic heterocycles. The van der Waals surface area contributed by atoms with E-state index in [9.17, 15) is 4.79 Å². The number of esters is 1. The molecule has 0 saturated carbocycles. The Morgan fingerprint density at radius 2 is 1.46 bits per heavy atom. The number of aliphatic hydroxyl groups excluding tert-OH is 1. The third-order valence-corrected chi connectivity index (χ3v) is 7.18. The van der Waals surface area contributed by atoms with Gasteiger partial charge in [0.1, 0.15) is 23.0 Å². The molecular weight excluding hydrogens is 492 g/mol. The van der Waals surface area contributed by atoms with Crippen molar-refractivity contribution >= 4 is 17.7 Å². The van der Waals surface area contributed by atoms with Crippen LogP contribution in [0.1, 0.15) is 27.9 Å². The molecule has 0 amide bonds. The van der Waals surface area contributed by atoms with Crippen molar-refractivity contribution in [3.05, 3.63) is 95.6 Å². The van der Waals surface area contributed by atoms with Gasteiger partial charge in [-0.1, -0.05) is 42.5 Å². The molecule has 3 unspecified atom stereocenters. The Bertz CT molecular complexity index is 1030.